The summed E-state index contributed by atoms with van der Waals surface area (Å²) in [5.41, 5.74) is 0.579. The molecule has 26 heavy (non-hydrogen) atoms. The Kier molecular flexibility index (Phi) is 4.68. The molecule has 1 aromatic rings. The van der Waals surface area contributed by atoms with Gasteiger partial charge in [0.05, 0.1) is 11.3 Å². The van der Waals surface area contributed by atoms with Gasteiger partial charge in [-0.2, -0.15) is 0 Å². The molecule has 4 heterocycles. The third kappa shape index (κ3) is 3.74. The second-order valence-electron chi connectivity index (χ2n) is 6.49. The Hall–Kier alpha value is -1.97. The van der Waals surface area contributed by atoms with Crippen molar-refractivity contribution < 1.29 is 13.2 Å². The maximum Gasteiger partial charge on any atom is 0.256 e. The molecule has 0 spiro atoms. The van der Waals surface area contributed by atoms with E-state index in [2.05, 4.69) is 26.8 Å². The number of hydrogen-bond acceptors (Lipinski definition) is 6. The fourth-order valence-corrected chi connectivity index (χ4v) is 4.96. The number of fused-ring (bicyclic) bond motifs is 1. The zero-order chi connectivity index (χ0) is 18.1. The van der Waals surface area contributed by atoms with E-state index in [1.54, 1.807) is 34.6 Å². The molecule has 0 unspecified atom stereocenters. The number of nitrogens with zero attached hydrogens (tertiary/aromatic N) is 4. The van der Waals surface area contributed by atoms with Gasteiger partial charge < -0.3 is 9.80 Å². The van der Waals surface area contributed by atoms with E-state index in [0.29, 0.717) is 31.0 Å². The molecular formula is C17H20N4O3S2. The summed E-state index contributed by atoms with van der Waals surface area (Å²) in [6.07, 6.45) is 4.99. The Balaban J connectivity index is 1.37. The quantitative estimate of drug-likeness (QED) is 0.764. The van der Waals surface area contributed by atoms with Crippen molar-refractivity contribution in [2.45, 2.75) is 6.54 Å². The van der Waals surface area contributed by atoms with E-state index >= 15 is 0 Å². The van der Waals surface area contributed by atoms with E-state index in [1.807, 2.05) is 4.90 Å². The first kappa shape index (κ1) is 17.4. The molecule has 3 aliphatic rings. The third-order valence-corrected chi connectivity index (χ3v) is 6.71. The van der Waals surface area contributed by atoms with Gasteiger partial charge in [0, 0.05) is 50.3 Å². The van der Waals surface area contributed by atoms with Gasteiger partial charge >= 0.3 is 0 Å². The first-order valence-corrected chi connectivity index (χ1v) is 11.0. The van der Waals surface area contributed by atoms with E-state index in [9.17, 15) is 13.2 Å². The van der Waals surface area contributed by atoms with E-state index in [4.69, 9.17) is 0 Å². The lowest BCUT2D eigenvalue weighted by Crippen LogP contribution is -2.49. The number of carbonyl (C=O) groups is 1. The zero-order valence-electron chi connectivity index (χ0n) is 14.2. The summed E-state index contributed by atoms with van der Waals surface area (Å²) in [7, 11) is -3.37. The minimum Gasteiger partial charge on any atom is -0.336 e. The molecule has 0 aromatic carbocycles. The summed E-state index contributed by atoms with van der Waals surface area (Å²) in [4.78, 5) is 20.1. The van der Waals surface area contributed by atoms with Gasteiger partial charge in [-0.25, -0.2) is 8.42 Å². The second-order valence-corrected chi connectivity index (χ2v) is 9.28. The number of amidine groups is 1. The van der Waals surface area contributed by atoms with Gasteiger partial charge in [-0.05, 0) is 23.6 Å². The fourth-order valence-electron chi connectivity index (χ4n) is 3.24. The Morgan fingerprint density at radius 2 is 1.96 bits per heavy atom. The van der Waals surface area contributed by atoms with Crippen molar-refractivity contribution in [2.24, 2.45) is 4.40 Å². The smallest absolute Gasteiger partial charge is 0.256 e. The molecule has 1 saturated heterocycles. The molecule has 0 aliphatic carbocycles. The molecule has 1 aromatic heterocycles. The average molecular weight is 393 g/mol. The van der Waals surface area contributed by atoms with Crippen molar-refractivity contribution in [1.82, 2.24) is 14.7 Å². The van der Waals surface area contributed by atoms with Crippen molar-refractivity contribution in [3.8, 4) is 0 Å². The highest BCUT2D eigenvalue weighted by molar-refractivity contribution is 7.90. The highest BCUT2D eigenvalue weighted by Gasteiger charge is 2.28. The van der Waals surface area contributed by atoms with Crippen molar-refractivity contribution in [2.75, 3.05) is 38.5 Å². The molecular weight excluding hydrogens is 372 g/mol. The third-order valence-electron chi connectivity index (χ3n) is 4.69. The lowest BCUT2D eigenvalue weighted by atomic mass is 10.1. The van der Waals surface area contributed by atoms with Crippen LogP contribution in [-0.2, 0) is 21.4 Å². The number of sulfonamides is 1. The Morgan fingerprint density at radius 1 is 1.15 bits per heavy atom. The standard InChI is InChI=1S/C17H20N4O3S2/c22-17(14-3-4-16-18-26(23,24)11-9-21(16)12-14)20-7-5-19(6-8-20)13-15-2-1-10-25-15/h1-4,10,12H,5-9,11,13H2. The summed E-state index contributed by atoms with van der Waals surface area (Å²) in [5, 5.41) is 2.08. The summed E-state index contributed by atoms with van der Waals surface area (Å²) in [5.74, 6) is 0.349. The van der Waals surface area contributed by atoms with Crippen molar-refractivity contribution in [1.29, 1.82) is 0 Å². The van der Waals surface area contributed by atoms with E-state index in [0.717, 1.165) is 19.6 Å². The van der Waals surface area contributed by atoms with Gasteiger partial charge in [0.15, 0.2) is 0 Å². The number of hydrogen-bond donors (Lipinski definition) is 0. The number of piperazine rings is 1. The van der Waals surface area contributed by atoms with Crippen LogP contribution >= 0.6 is 11.3 Å². The molecule has 0 N–H and O–H groups in total. The van der Waals surface area contributed by atoms with Gasteiger partial charge in [0.2, 0.25) is 0 Å². The average Bonchev–Trinajstić information content (AvgIpc) is 3.14. The lowest BCUT2D eigenvalue weighted by molar-refractivity contribution is -0.128. The van der Waals surface area contributed by atoms with Crippen LogP contribution < -0.4 is 0 Å². The summed E-state index contributed by atoms with van der Waals surface area (Å²) >= 11 is 1.76. The monoisotopic (exact) mass is 392 g/mol. The normalized spacial score (nSPS) is 22.6. The summed E-state index contributed by atoms with van der Waals surface area (Å²) in [6.45, 7) is 4.38. The molecule has 7 nitrogen and oxygen atoms in total. The van der Waals surface area contributed by atoms with Crippen LogP contribution in [0.5, 0.6) is 0 Å². The zero-order valence-corrected chi connectivity index (χ0v) is 15.9. The molecule has 138 valence electrons. The first-order valence-electron chi connectivity index (χ1n) is 8.53. The van der Waals surface area contributed by atoms with Crippen molar-refractivity contribution in [3.63, 3.8) is 0 Å². The molecule has 0 atom stereocenters. The maximum atomic E-state index is 12.8. The van der Waals surface area contributed by atoms with E-state index < -0.39 is 10.0 Å². The van der Waals surface area contributed by atoms with Crippen molar-refractivity contribution in [3.05, 3.63) is 46.3 Å². The highest BCUT2D eigenvalue weighted by atomic mass is 32.2. The van der Waals surface area contributed by atoms with E-state index in [-0.39, 0.29) is 11.7 Å². The fraction of sp³-hybridized carbons (Fsp3) is 0.412. The molecule has 4 rings (SSSR count). The number of thiophene rings is 1. The molecule has 9 heteroatoms. The molecule has 0 radical (unpaired) electrons. The number of carbonyl (C=O) groups excluding carboxylic acids is 1. The van der Waals surface area contributed by atoms with Crippen LogP contribution in [0.2, 0.25) is 0 Å². The van der Waals surface area contributed by atoms with Crippen LogP contribution in [-0.4, -0.2) is 73.3 Å². The predicted octanol–water partition coefficient (Wildman–Crippen LogP) is 0.890. The Labute approximate surface area is 157 Å². The Bertz CT molecular complexity index is 879. The van der Waals surface area contributed by atoms with Crippen LogP contribution in [0.15, 0.2) is 45.8 Å². The molecule has 0 bridgehead atoms. The molecule has 3 aliphatic heterocycles. The van der Waals surface area contributed by atoms with Crippen LogP contribution in [0, 0.1) is 0 Å². The molecule has 1 amide bonds. The summed E-state index contributed by atoms with van der Waals surface area (Å²) < 4.78 is 26.9. The van der Waals surface area contributed by atoms with E-state index in [1.165, 1.54) is 4.88 Å². The van der Waals surface area contributed by atoms with Gasteiger partial charge in [-0.15, -0.1) is 15.7 Å². The molecule has 0 saturated carbocycles. The first-order chi connectivity index (χ1) is 12.5. The Morgan fingerprint density at radius 3 is 2.69 bits per heavy atom. The van der Waals surface area contributed by atoms with Gasteiger partial charge in [-0.3, -0.25) is 9.69 Å². The number of amides is 1. The van der Waals surface area contributed by atoms with Gasteiger partial charge in [0.1, 0.15) is 5.84 Å². The minimum atomic E-state index is -3.37. The summed E-state index contributed by atoms with van der Waals surface area (Å²) in [6, 6.07) is 4.20. The van der Waals surface area contributed by atoms with Crippen LogP contribution in [0.1, 0.15) is 4.88 Å². The minimum absolute atomic E-state index is 0.00972. The van der Waals surface area contributed by atoms with Crippen LogP contribution in [0.3, 0.4) is 0 Å². The predicted molar refractivity (Wildman–Crippen MR) is 101 cm³/mol. The van der Waals surface area contributed by atoms with Crippen LogP contribution in [0.4, 0.5) is 0 Å². The SMILES string of the molecule is O=C(C1=CN2CCS(=O)(=O)N=C2C=C1)N1CCN(Cc2cccs2)CC1. The van der Waals surface area contributed by atoms with Crippen molar-refractivity contribution >= 4 is 33.1 Å². The maximum absolute atomic E-state index is 12.8. The van der Waals surface area contributed by atoms with Crippen LogP contribution in [0.25, 0.3) is 0 Å². The topological polar surface area (TPSA) is 73.3 Å². The second kappa shape index (κ2) is 6.98. The lowest BCUT2D eigenvalue weighted by Gasteiger charge is -2.35. The highest BCUT2D eigenvalue weighted by Crippen LogP contribution is 2.19. The molecule has 1 fully saturated rings. The number of rotatable bonds is 3. The van der Waals surface area contributed by atoms with Gasteiger partial charge in [-0.1, -0.05) is 6.07 Å². The largest absolute Gasteiger partial charge is 0.336 e. The van der Waals surface area contributed by atoms with Gasteiger partial charge in [0.25, 0.3) is 15.9 Å².